The first-order valence-electron chi connectivity index (χ1n) is 6.98. The zero-order chi connectivity index (χ0) is 16.2. The van der Waals surface area contributed by atoms with Crippen molar-refractivity contribution < 1.29 is 13.2 Å². The predicted octanol–water partition coefficient (Wildman–Crippen LogP) is 1.93. The molecule has 5 nitrogen and oxygen atoms in total. The van der Waals surface area contributed by atoms with Crippen molar-refractivity contribution in [2.75, 3.05) is 38.2 Å². The van der Waals surface area contributed by atoms with Gasteiger partial charge in [-0.3, -0.25) is 4.79 Å². The molecule has 1 aliphatic heterocycles. The molecule has 1 saturated heterocycles. The monoisotopic (exact) mass is 362 g/mol. The summed E-state index contributed by atoms with van der Waals surface area (Å²) in [5, 5.41) is 0.696. The van der Waals surface area contributed by atoms with E-state index in [-0.39, 0.29) is 5.91 Å². The summed E-state index contributed by atoms with van der Waals surface area (Å²) in [5.74, 6) is 0.724. The maximum Gasteiger partial charge on any atom is 0.223 e. The van der Waals surface area contributed by atoms with Crippen LogP contribution in [0.25, 0.3) is 0 Å². The Kier molecular flexibility index (Phi) is 6.14. The zero-order valence-electron chi connectivity index (χ0n) is 12.4. The summed E-state index contributed by atoms with van der Waals surface area (Å²) in [6.07, 6.45) is 1.62. The Bertz CT molecular complexity index is 629. The Balaban J connectivity index is 1.76. The number of sulfonamides is 1. The summed E-state index contributed by atoms with van der Waals surface area (Å²) in [7, 11) is -3.16. The Morgan fingerprint density at radius 3 is 2.45 bits per heavy atom. The lowest BCUT2D eigenvalue weighted by Crippen LogP contribution is -2.50. The van der Waals surface area contributed by atoms with Crippen molar-refractivity contribution >= 4 is 39.3 Å². The van der Waals surface area contributed by atoms with Crippen LogP contribution in [0.2, 0.25) is 5.02 Å². The van der Waals surface area contributed by atoms with Crippen LogP contribution in [0, 0.1) is 0 Å². The number of hydrogen-bond donors (Lipinski definition) is 0. The zero-order valence-corrected chi connectivity index (χ0v) is 14.8. The lowest BCUT2D eigenvalue weighted by molar-refractivity contribution is -0.131. The van der Waals surface area contributed by atoms with Gasteiger partial charge in [-0.25, -0.2) is 8.42 Å². The second kappa shape index (κ2) is 7.68. The minimum atomic E-state index is -3.16. The highest BCUT2D eigenvalue weighted by Gasteiger charge is 2.25. The number of halogens is 1. The normalized spacial score (nSPS) is 16.7. The van der Waals surface area contributed by atoms with Crippen LogP contribution in [0.15, 0.2) is 29.2 Å². The number of amides is 1. The first-order chi connectivity index (χ1) is 10.4. The average Bonchev–Trinajstić information content (AvgIpc) is 2.48. The van der Waals surface area contributed by atoms with E-state index in [4.69, 9.17) is 11.6 Å². The van der Waals surface area contributed by atoms with Crippen LogP contribution in [-0.4, -0.2) is 61.7 Å². The number of carbonyl (C=O) groups is 1. The fraction of sp³-hybridized carbons (Fsp3) is 0.500. The molecule has 1 fully saturated rings. The summed E-state index contributed by atoms with van der Waals surface area (Å²) < 4.78 is 24.3. The van der Waals surface area contributed by atoms with E-state index in [1.165, 1.54) is 10.6 Å². The number of nitrogens with zero attached hydrogens (tertiary/aromatic N) is 2. The standard InChI is InChI=1S/C14H19ClN2O3S2/c1-22(19,20)17-9-7-16(8-10-17)14(18)6-11-21-13-5-3-2-4-12(13)15/h2-5H,6-11H2,1H3. The van der Waals surface area contributed by atoms with Crippen molar-refractivity contribution in [1.29, 1.82) is 0 Å². The molecule has 0 unspecified atom stereocenters. The van der Waals surface area contributed by atoms with E-state index in [0.29, 0.717) is 43.4 Å². The summed E-state index contributed by atoms with van der Waals surface area (Å²) in [5.41, 5.74) is 0. The van der Waals surface area contributed by atoms with E-state index in [1.807, 2.05) is 24.3 Å². The molecule has 0 N–H and O–H groups in total. The summed E-state index contributed by atoms with van der Waals surface area (Å²) in [6.45, 7) is 1.68. The van der Waals surface area contributed by atoms with Crippen molar-refractivity contribution in [3.05, 3.63) is 29.3 Å². The van der Waals surface area contributed by atoms with E-state index >= 15 is 0 Å². The molecule has 1 aliphatic rings. The second-order valence-corrected chi connectivity index (χ2v) is 8.60. The number of carbonyl (C=O) groups excluding carboxylic acids is 1. The SMILES string of the molecule is CS(=O)(=O)N1CCN(C(=O)CCSc2ccccc2Cl)CC1. The number of benzene rings is 1. The summed E-state index contributed by atoms with van der Waals surface area (Å²) >= 11 is 7.63. The Labute approximate surface area is 140 Å². The minimum absolute atomic E-state index is 0.0627. The smallest absolute Gasteiger partial charge is 0.223 e. The average molecular weight is 363 g/mol. The van der Waals surface area contributed by atoms with Gasteiger partial charge in [0.25, 0.3) is 0 Å². The van der Waals surface area contributed by atoms with Gasteiger partial charge in [0, 0.05) is 43.2 Å². The number of thioether (sulfide) groups is 1. The van der Waals surface area contributed by atoms with Crippen LogP contribution < -0.4 is 0 Å². The van der Waals surface area contributed by atoms with Crippen molar-refractivity contribution in [2.24, 2.45) is 0 Å². The van der Waals surface area contributed by atoms with E-state index < -0.39 is 10.0 Å². The second-order valence-electron chi connectivity index (χ2n) is 5.07. The highest BCUT2D eigenvalue weighted by molar-refractivity contribution is 7.99. The molecule has 8 heteroatoms. The molecule has 0 radical (unpaired) electrons. The van der Waals surface area contributed by atoms with Crippen LogP contribution in [0.1, 0.15) is 6.42 Å². The molecule has 0 aromatic heterocycles. The van der Waals surface area contributed by atoms with Crippen molar-refractivity contribution in [2.45, 2.75) is 11.3 Å². The molecule has 0 aliphatic carbocycles. The maximum atomic E-state index is 12.1. The van der Waals surface area contributed by atoms with Gasteiger partial charge in [0.1, 0.15) is 0 Å². The highest BCUT2D eigenvalue weighted by Crippen LogP contribution is 2.27. The lowest BCUT2D eigenvalue weighted by atomic mass is 10.3. The summed E-state index contributed by atoms with van der Waals surface area (Å²) in [4.78, 5) is 14.8. The van der Waals surface area contributed by atoms with Gasteiger partial charge in [-0.2, -0.15) is 4.31 Å². The Hall–Kier alpha value is -0.760. The first kappa shape index (κ1) is 17.6. The van der Waals surface area contributed by atoms with Crippen LogP contribution in [-0.2, 0) is 14.8 Å². The molecule has 22 heavy (non-hydrogen) atoms. The molecule has 1 aromatic rings. The van der Waals surface area contributed by atoms with E-state index in [1.54, 1.807) is 16.7 Å². The van der Waals surface area contributed by atoms with Crippen LogP contribution in [0.5, 0.6) is 0 Å². The van der Waals surface area contributed by atoms with Crippen molar-refractivity contribution in [3.8, 4) is 0 Å². The van der Waals surface area contributed by atoms with E-state index in [2.05, 4.69) is 0 Å². The van der Waals surface area contributed by atoms with Gasteiger partial charge in [0.2, 0.25) is 15.9 Å². The third kappa shape index (κ3) is 4.87. The quantitative estimate of drug-likeness (QED) is 0.751. The van der Waals surface area contributed by atoms with Crippen LogP contribution >= 0.6 is 23.4 Å². The van der Waals surface area contributed by atoms with Gasteiger partial charge in [-0.15, -0.1) is 11.8 Å². The molecule has 2 rings (SSSR count). The minimum Gasteiger partial charge on any atom is -0.340 e. The fourth-order valence-corrected chi connectivity index (χ4v) is 4.24. The molecule has 1 amide bonds. The molecule has 0 saturated carbocycles. The molecule has 1 aromatic carbocycles. The molecule has 122 valence electrons. The molecule has 0 bridgehead atoms. The van der Waals surface area contributed by atoms with E-state index in [0.717, 1.165) is 4.90 Å². The summed E-state index contributed by atoms with van der Waals surface area (Å²) in [6, 6.07) is 7.55. The fourth-order valence-electron chi connectivity index (χ4n) is 2.24. The molecular formula is C14H19ClN2O3S2. The third-order valence-corrected chi connectivity index (χ3v) is 6.29. The van der Waals surface area contributed by atoms with Gasteiger partial charge < -0.3 is 4.90 Å². The Morgan fingerprint density at radius 1 is 1.23 bits per heavy atom. The van der Waals surface area contributed by atoms with Gasteiger partial charge >= 0.3 is 0 Å². The number of hydrogen-bond acceptors (Lipinski definition) is 4. The van der Waals surface area contributed by atoms with E-state index in [9.17, 15) is 13.2 Å². The Morgan fingerprint density at radius 2 is 1.86 bits per heavy atom. The van der Waals surface area contributed by atoms with Gasteiger partial charge in [0.05, 0.1) is 11.3 Å². The largest absolute Gasteiger partial charge is 0.340 e. The predicted molar refractivity (Wildman–Crippen MR) is 89.8 cm³/mol. The molecule has 0 spiro atoms. The third-order valence-electron chi connectivity index (χ3n) is 3.47. The van der Waals surface area contributed by atoms with Gasteiger partial charge in [-0.05, 0) is 12.1 Å². The topological polar surface area (TPSA) is 57.7 Å². The van der Waals surface area contributed by atoms with Gasteiger partial charge in [0.15, 0.2) is 0 Å². The molecule has 0 atom stereocenters. The van der Waals surface area contributed by atoms with Crippen molar-refractivity contribution in [3.63, 3.8) is 0 Å². The van der Waals surface area contributed by atoms with Crippen LogP contribution in [0.4, 0.5) is 0 Å². The molecule has 1 heterocycles. The van der Waals surface area contributed by atoms with Crippen molar-refractivity contribution in [1.82, 2.24) is 9.21 Å². The first-order valence-corrected chi connectivity index (χ1v) is 10.2. The number of rotatable bonds is 5. The van der Waals surface area contributed by atoms with Crippen LogP contribution in [0.3, 0.4) is 0 Å². The maximum absolute atomic E-state index is 12.1. The molecular weight excluding hydrogens is 344 g/mol. The number of piperazine rings is 1. The van der Waals surface area contributed by atoms with Gasteiger partial charge in [-0.1, -0.05) is 23.7 Å². The highest BCUT2D eigenvalue weighted by atomic mass is 35.5. The lowest BCUT2D eigenvalue weighted by Gasteiger charge is -2.33.